The number of hydrogen-bond acceptors (Lipinski definition) is 6. The third-order valence-corrected chi connectivity index (χ3v) is 7.07. The van der Waals surface area contributed by atoms with Gasteiger partial charge in [-0.05, 0) is 38.8 Å². The molecular formula is C21H30FN7O4S. The van der Waals surface area contributed by atoms with Crippen LogP contribution in [0.15, 0.2) is 26.7 Å². The van der Waals surface area contributed by atoms with E-state index < -0.39 is 32.3 Å². The predicted molar refractivity (Wildman–Crippen MR) is 131 cm³/mol. The summed E-state index contributed by atoms with van der Waals surface area (Å²) in [6, 6.07) is 2.42. The van der Waals surface area contributed by atoms with Gasteiger partial charge in [-0.15, -0.1) is 0 Å². The summed E-state index contributed by atoms with van der Waals surface area (Å²) in [5.41, 5.74) is 4.50. The predicted octanol–water partition coefficient (Wildman–Crippen LogP) is 1.47. The summed E-state index contributed by atoms with van der Waals surface area (Å²) >= 11 is 0. The van der Waals surface area contributed by atoms with E-state index in [2.05, 4.69) is 15.0 Å². The van der Waals surface area contributed by atoms with Crippen molar-refractivity contribution < 1.29 is 12.8 Å². The molecule has 0 radical (unpaired) electrons. The van der Waals surface area contributed by atoms with E-state index in [9.17, 15) is 22.4 Å². The molecule has 0 aliphatic heterocycles. The van der Waals surface area contributed by atoms with E-state index in [0.717, 1.165) is 42.7 Å². The molecule has 34 heavy (non-hydrogen) atoms. The van der Waals surface area contributed by atoms with Gasteiger partial charge >= 0.3 is 5.69 Å². The summed E-state index contributed by atoms with van der Waals surface area (Å²) in [7, 11) is -4.18. The van der Waals surface area contributed by atoms with Crippen molar-refractivity contribution in [1.82, 2.24) is 13.9 Å². The smallest absolute Gasteiger partial charge is 0.331 e. The van der Waals surface area contributed by atoms with Crippen molar-refractivity contribution in [2.75, 3.05) is 11.9 Å². The number of halogens is 1. The fourth-order valence-electron chi connectivity index (χ4n) is 4.17. The molecule has 0 unspecified atom stereocenters. The first-order valence-electron chi connectivity index (χ1n) is 11.1. The normalized spacial score (nSPS) is 15.7. The Morgan fingerprint density at radius 1 is 1.29 bits per heavy atom. The van der Waals surface area contributed by atoms with Crippen LogP contribution in [0, 0.1) is 11.2 Å². The van der Waals surface area contributed by atoms with Crippen molar-refractivity contribution in [2.45, 2.75) is 64.6 Å². The van der Waals surface area contributed by atoms with Gasteiger partial charge in [0.05, 0.1) is 16.6 Å². The molecule has 0 spiro atoms. The minimum absolute atomic E-state index is 0.0210. The Balaban J connectivity index is 2.00. The average Bonchev–Trinajstić information content (AvgIpc) is 2.78. The first-order valence-corrected chi connectivity index (χ1v) is 12.6. The van der Waals surface area contributed by atoms with Gasteiger partial charge in [0.1, 0.15) is 12.2 Å². The lowest BCUT2D eigenvalue weighted by Gasteiger charge is -2.25. The quantitative estimate of drug-likeness (QED) is 0.320. The molecule has 1 saturated carbocycles. The molecule has 2 aromatic rings. The molecule has 0 amide bonds. The fraction of sp³-hybridized carbons (Fsp3) is 0.524. The number of nitrogens with zero attached hydrogens (tertiary/aromatic N) is 3. The number of benzene rings is 1. The summed E-state index contributed by atoms with van der Waals surface area (Å²) < 4.78 is 43.4. The number of hydrogen-bond donors (Lipinski definition) is 4. The van der Waals surface area contributed by atoms with E-state index in [0.29, 0.717) is 11.9 Å². The highest BCUT2D eigenvalue weighted by Gasteiger charge is 2.21. The fourth-order valence-corrected chi connectivity index (χ4v) is 4.87. The Morgan fingerprint density at radius 2 is 1.97 bits per heavy atom. The molecule has 1 aliphatic rings. The number of nitrogens with two attached hydrogens (primary N) is 1. The molecule has 1 fully saturated rings. The minimum atomic E-state index is -4.18. The van der Waals surface area contributed by atoms with Crippen LogP contribution in [0.3, 0.4) is 0 Å². The summed E-state index contributed by atoms with van der Waals surface area (Å²) in [6.07, 6.45) is 5.63. The lowest BCUT2D eigenvalue weighted by atomic mass is 9.95. The van der Waals surface area contributed by atoms with Crippen LogP contribution in [0.1, 0.15) is 52.0 Å². The van der Waals surface area contributed by atoms with Crippen molar-refractivity contribution >= 4 is 38.1 Å². The Labute approximate surface area is 196 Å². The van der Waals surface area contributed by atoms with Crippen LogP contribution >= 0.6 is 0 Å². The Bertz CT molecular complexity index is 1330. The highest BCUT2D eigenvalue weighted by atomic mass is 32.2. The van der Waals surface area contributed by atoms with Crippen LogP contribution in [0.25, 0.3) is 10.9 Å². The van der Waals surface area contributed by atoms with E-state index in [1.807, 2.05) is 0 Å². The van der Waals surface area contributed by atoms with Crippen LogP contribution in [0.5, 0.6) is 0 Å². The largest absolute Gasteiger partial charge is 0.380 e. The van der Waals surface area contributed by atoms with Gasteiger partial charge in [-0.25, -0.2) is 27.3 Å². The van der Waals surface area contributed by atoms with Gasteiger partial charge in [0.15, 0.2) is 0 Å². The zero-order valence-corrected chi connectivity index (χ0v) is 20.0. The van der Waals surface area contributed by atoms with E-state index in [1.54, 1.807) is 13.8 Å². The monoisotopic (exact) mass is 495 g/mol. The Kier molecular flexibility index (Phi) is 7.87. The van der Waals surface area contributed by atoms with E-state index in [-0.39, 0.29) is 36.2 Å². The van der Waals surface area contributed by atoms with Crippen molar-refractivity contribution in [3.8, 4) is 0 Å². The van der Waals surface area contributed by atoms with Gasteiger partial charge in [0.25, 0.3) is 15.6 Å². The van der Waals surface area contributed by atoms with Gasteiger partial charge in [-0.2, -0.15) is 0 Å². The third kappa shape index (κ3) is 5.36. The van der Waals surface area contributed by atoms with Crippen LogP contribution in [0.2, 0.25) is 0 Å². The summed E-state index contributed by atoms with van der Waals surface area (Å²) in [4.78, 5) is 29.5. The van der Waals surface area contributed by atoms with Crippen molar-refractivity contribution in [3.63, 3.8) is 0 Å². The molecule has 3 rings (SSSR count). The number of sulfonamides is 1. The van der Waals surface area contributed by atoms with Gasteiger partial charge in [0, 0.05) is 25.2 Å². The summed E-state index contributed by atoms with van der Waals surface area (Å²) in [5.74, 6) is -0.591. The minimum Gasteiger partial charge on any atom is -0.380 e. The molecule has 0 atom stereocenters. The Hall–Kier alpha value is -3.06. The first-order chi connectivity index (χ1) is 16.1. The number of rotatable bonds is 8. The zero-order chi connectivity index (χ0) is 25.0. The molecule has 0 saturated heterocycles. The maximum Gasteiger partial charge on any atom is 0.331 e. The van der Waals surface area contributed by atoms with Gasteiger partial charge in [-0.3, -0.25) is 19.3 Å². The molecular weight excluding hydrogens is 465 g/mol. The van der Waals surface area contributed by atoms with Crippen LogP contribution in [-0.2, 0) is 16.6 Å². The molecule has 5 N–H and O–H groups in total. The number of nitrogens with one attached hydrogen (secondary N) is 3. The lowest BCUT2D eigenvalue weighted by Crippen LogP contribution is -2.44. The number of aliphatic imine (C=N–C) groups is 1. The van der Waals surface area contributed by atoms with Gasteiger partial charge in [0.2, 0.25) is 5.17 Å². The zero-order valence-electron chi connectivity index (χ0n) is 19.2. The summed E-state index contributed by atoms with van der Waals surface area (Å²) in [5, 5.41) is 9.24. The van der Waals surface area contributed by atoms with Gasteiger partial charge in [-0.1, -0.05) is 19.3 Å². The molecule has 13 heteroatoms. The lowest BCUT2D eigenvalue weighted by molar-refractivity contribution is 0.460. The van der Waals surface area contributed by atoms with Crippen molar-refractivity contribution in [1.29, 1.82) is 5.41 Å². The highest BCUT2D eigenvalue weighted by molar-refractivity contribution is 8.04. The van der Waals surface area contributed by atoms with E-state index >= 15 is 0 Å². The summed E-state index contributed by atoms with van der Waals surface area (Å²) in [6.45, 7) is 2.90. The number of anilines is 1. The van der Waals surface area contributed by atoms with Crippen LogP contribution in [0.4, 0.5) is 10.1 Å². The molecule has 11 nitrogen and oxygen atoms in total. The highest BCUT2D eigenvalue weighted by Crippen LogP contribution is 2.26. The van der Waals surface area contributed by atoms with Crippen molar-refractivity contribution in [3.05, 3.63) is 38.8 Å². The van der Waals surface area contributed by atoms with Crippen LogP contribution in [-0.4, -0.2) is 41.6 Å². The number of fused-ring (bicyclic) bond motifs is 1. The topological polar surface area (TPSA) is 164 Å². The molecule has 1 aliphatic carbocycles. The molecule has 1 aromatic heterocycles. The first kappa shape index (κ1) is 25.6. The maximum atomic E-state index is 15.0. The molecule has 1 aromatic carbocycles. The standard InChI is InChI=1S/C21H30FN7O4S/c1-13(2)29-18-11-17(27-14-6-4-3-5-7-14)16(22)10-15(18)19(30)28(21(29)31)9-8-26-34(32,33)20(24)25-12-23/h10-14,26-27H,3-9H2,1-2H3,(H3,23,24,25). The maximum absolute atomic E-state index is 15.0. The second-order valence-corrected chi connectivity index (χ2v) is 10.2. The third-order valence-electron chi connectivity index (χ3n) is 5.83. The average molecular weight is 496 g/mol. The molecule has 186 valence electrons. The van der Waals surface area contributed by atoms with Crippen molar-refractivity contribution in [2.24, 2.45) is 10.7 Å². The van der Waals surface area contributed by atoms with Crippen LogP contribution < -0.4 is 27.0 Å². The number of aromatic nitrogens is 2. The number of amidine groups is 1. The SMILES string of the molecule is CC(C)n1c(=O)n(CCNS(=O)(=O)C(N)=NC=N)c(=O)c2cc(F)c(NC3CCCCC3)cc21. The van der Waals surface area contributed by atoms with E-state index in [4.69, 9.17) is 11.1 Å². The molecule has 0 bridgehead atoms. The van der Waals surface area contributed by atoms with Gasteiger partial charge < -0.3 is 11.1 Å². The second-order valence-electron chi connectivity index (χ2n) is 8.53. The van der Waals surface area contributed by atoms with E-state index in [1.165, 1.54) is 10.6 Å². The Morgan fingerprint density at radius 3 is 2.59 bits per heavy atom. The molecule has 1 heterocycles. The second kappa shape index (κ2) is 10.5.